The lowest BCUT2D eigenvalue weighted by molar-refractivity contribution is 0.0341. The molecule has 0 unspecified atom stereocenters. The van der Waals surface area contributed by atoms with E-state index in [1.807, 2.05) is 37.5 Å². The molecule has 9 heteroatoms. The van der Waals surface area contributed by atoms with Gasteiger partial charge in [-0.3, -0.25) is 20.2 Å². The zero-order valence-electron chi connectivity index (χ0n) is 19.0. The predicted octanol–water partition coefficient (Wildman–Crippen LogP) is 4.39. The Balaban J connectivity index is 1.51. The molecule has 4 aromatic rings. The number of hydrogen-bond donors (Lipinski definition) is 2. The van der Waals surface area contributed by atoms with Crippen LogP contribution in [0, 0.1) is 0 Å². The first-order valence-electron chi connectivity index (χ1n) is 11.3. The van der Waals surface area contributed by atoms with Gasteiger partial charge in [0.1, 0.15) is 0 Å². The third kappa shape index (κ3) is 5.06. The molecule has 2 N–H and O–H groups in total. The first-order valence-corrected chi connectivity index (χ1v) is 12.2. The Kier molecular flexibility index (Phi) is 6.75. The van der Waals surface area contributed by atoms with Crippen molar-refractivity contribution in [3.8, 4) is 22.4 Å². The molecule has 0 atom stereocenters. The molecule has 0 radical (unpaired) electrons. The molecular formula is C25H26N6O2S. The van der Waals surface area contributed by atoms with E-state index in [4.69, 9.17) is 9.72 Å². The van der Waals surface area contributed by atoms with E-state index in [-0.39, 0.29) is 6.03 Å². The molecule has 174 valence electrons. The van der Waals surface area contributed by atoms with E-state index in [2.05, 4.69) is 43.7 Å². The average Bonchev–Trinajstić information content (AvgIpc) is 3.27. The molecule has 0 saturated carbocycles. The lowest BCUT2D eigenvalue weighted by Gasteiger charge is -2.26. The van der Waals surface area contributed by atoms with E-state index < -0.39 is 0 Å². The van der Waals surface area contributed by atoms with Crippen LogP contribution in [0.2, 0.25) is 0 Å². The molecule has 8 nitrogen and oxygen atoms in total. The van der Waals surface area contributed by atoms with Crippen LogP contribution in [0.25, 0.3) is 32.6 Å². The number of fused-ring (bicyclic) bond motifs is 1. The van der Waals surface area contributed by atoms with Gasteiger partial charge in [-0.05, 0) is 42.3 Å². The molecule has 5 rings (SSSR count). The standard InChI is InChI=1S/C25H26N6O2S/c1-2-27-24(32)30-25-29-22-13-19(18-4-3-7-26-15-18)12-20(23(22)34-25)21-6-5-17(14-28-21)16-31-8-10-33-11-9-31/h3-7,12-15H,2,8-11,16H2,1H3,(H2,27,29,30,32). The Bertz CT molecular complexity index is 1270. The first kappa shape index (κ1) is 22.4. The summed E-state index contributed by atoms with van der Waals surface area (Å²) in [6.07, 6.45) is 5.54. The summed E-state index contributed by atoms with van der Waals surface area (Å²) in [5, 5.41) is 6.13. The number of anilines is 1. The number of rotatable bonds is 6. The molecule has 0 bridgehead atoms. The maximum absolute atomic E-state index is 12.0. The second kappa shape index (κ2) is 10.3. The maximum Gasteiger partial charge on any atom is 0.321 e. The SMILES string of the molecule is CCNC(=O)Nc1nc2cc(-c3cccnc3)cc(-c3ccc(CN4CCOCC4)cn3)c2s1. The normalized spacial score (nSPS) is 14.3. The molecule has 4 heterocycles. The number of amides is 2. The summed E-state index contributed by atoms with van der Waals surface area (Å²) < 4.78 is 6.43. The quantitative estimate of drug-likeness (QED) is 0.431. The summed E-state index contributed by atoms with van der Waals surface area (Å²) in [7, 11) is 0. The molecular weight excluding hydrogens is 448 g/mol. The molecule has 1 aliphatic rings. The molecule has 1 saturated heterocycles. The monoisotopic (exact) mass is 474 g/mol. The van der Waals surface area contributed by atoms with Gasteiger partial charge in [-0.25, -0.2) is 9.78 Å². The number of carbonyl (C=O) groups excluding carboxylic acids is 1. The third-order valence-corrected chi connectivity index (χ3v) is 6.67. The minimum Gasteiger partial charge on any atom is -0.379 e. The van der Waals surface area contributed by atoms with E-state index in [9.17, 15) is 4.79 Å². The molecule has 1 fully saturated rings. The summed E-state index contributed by atoms with van der Waals surface area (Å²) in [5.74, 6) is 0. The maximum atomic E-state index is 12.0. The zero-order valence-corrected chi connectivity index (χ0v) is 19.8. The molecule has 2 amide bonds. The van der Waals surface area contributed by atoms with Gasteiger partial charge >= 0.3 is 6.03 Å². The fourth-order valence-electron chi connectivity index (χ4n) is 3.97. The van der Waals surface area contributed by atoms with E-state index >= 15 is 0 Å². The predicted molar refractivity (Wildman–Crippen MR) is 135 cm³/mol. The van der Waals surface area contributed by atoms with Crippen LogP contribution >= 0.6 is 11.3 Å². The van der Waals surface area contributed by atoms with Gasteiger partial charge in [0.05, 0.1) is 29.1 Å². The van der Waals surface area contributed by atoms with Crippen LogP contribution < -0.4 is 10.6 Å². The van der Waals surface area contributed by atoms with Gasteiger partial charge in [0.2, 0.25) is 0 Å². The van der Waals surface area contributed by atoms with Crippen molar-refractivity contribution in [2.24, 2.45) is 0 Å². The number of benzene rings is 1. The van der Waals surface area contributed by atoms with E-state index in [1.165, 1.54) is 16.9 Å². The molecule has 1 aliphatic heterocycles. The van der Waals surface area contributed by atoms with Gasteiger partial charge < -0.3 is 10.1 Å². The number of ether oxygens (including phenoxy) is 1. The second-order valence-electron chi connectivity index (χ2n) is 8.06. The van der Waals surface area contributed by atoms with Crippen molar-refractivity contribution in [2.45, 2.75) is 13.5 Å². The lowest BCUT2D eigenvalue weighted by atomic mass is 10.0. The van der Waals surface area contributed by atoms with Crippen molar-refractivity contribution in [1.82, 2.24) is 25.2 Å². The summed E-state index contributed by atoms with van der Waals surface area (Å²) in [5.41, 5.74) is 5.84. The van der Waals surface area contributed by atoms with E-state index in [0.29, 0.717) is 11.7 Å². The van der Waals surface area contributed by atoms with Crippen LogP contribution in [-0.4, -0.2) is 58.7 Å². The number of morpholine rings is 1. The summed E-state index contributed by atoms with van der Waals surface area (Å²) in [6, 6.07) is 12.0. The van der Waals surface area contributed by atoms with E-state index in [0.717, 1.165) is 65.4 Å². The second-order valence-corrected chi connectivity index (χ2v) is 9.06. The van der Waals surface area contributed by atoms with Gasteiger partial charge in [0, 0.05) is 55.9 Å². The minimum atomic E-state index is -0.263. The van der Waals surface area contributed by atoms with Gasteiger partial charge in [-0.15, -0.1) is 0 Å². The Hall–Kier alpha value is -3.40. The molecule has 3 aromatic heterocycles. The van der Waals surface area contributed by atoms with Crippen LogP contribution in [0.1, 0.15) is 12.5 Å². The zero-order chi connectivity index (χ0) is 23.3. The van der Waals surface area contributed by atoms with Crippen LogP contribution in [0.15, 0.2) is 55.0 Å². The largest absolute Gasteiger partial charge is 0.379 e. The summed E-state index contributed by atoms with van der Waals surface area (Å²) >= 11 is 1.45. The Labute approximate surface area is 202 Å². The number of nitrogens with one attached hydrogen (secondary N) is 2. The topological polar surface area (TPSA) is 92.3 Å². The number of pyridine rings is 2. The Morgan fingerprint density at radius 1 is 1.15 bits per heavy atom. The smallest absolute Gasteiger partial charge is 0.321 e. The summed E-state index contributed by atoms with van der Waals surface area (Å²) in [4.78, 5) is 28.2. The number of hydrogen-bond acceptors (Lipinski definition) is 7. The minimum absolute atomic E-state index is 0.263. The fraction of sp³-hybridized carbons (Fsp3) is 0.280. The van der Waals surface area contributed by atoms with Crippen molar-refractivity contribution >= 4 is 32.7 Å². The van der Waals surface area contributed by atoms with Crippen LogP contribution in [0.4, 0.5) is 9.93 Å². The van der Waals surface area contributed by atoms with Gasteiger partial charge in [0.15, 0.2) is 5.13 Å². The molecule has 0 aliphatic carbocycles. The number of thiazole rings is 1. The number of nitrogens with zero attached hydrogens (tertiary/aromatic N) is 4. The van der Waals surface area contributed by atoms with Gasteiger partial charge in [0.25, 0.3) is 0 Å². The number of carbonyl (C=O) groups is 1. The Morgan fingerprint density at radius 2 is 2.03 bits per heavy atom. The van der Waals surface area contributed by atoms with Gasteiger partial charge in [-0.2, -0.15) is 0 Å². The molecule has 0 spiro atoms. The highest BCUT2D eigenvalue weighted by molar-refractivity contribution is 7.22. The summed E-state index contributed by atoms with van der Waals surface area (Å²) in [6.45, 7) is 6.74. The van der Waals surface area contributed by atoms with Crippen molar-refractivity contribution in [3.63, 3.8) is 0 Å². The van der Waals surface area contributed by atoms with E-state index in [1.54, 1.807) is 6.20 Å². The third-order valence-electron chi connectivity index (χ3n) is 5.65. The lowest BCUT2D eigenvalue weighted by Crippen LogP contribution is -2.35. The van der Waals surface area contributed by atoms with Crippen molar-refractivity contribution in [2.75, 3.05) is 38.2 Å². The number of urea groups is 1. The van der Waals surface area contributed by atoms with Crippen LogP contribution in [0.3, 0.4) is 0 Å². The highest BCUT2D eigenvalue weighted by atomic mass is 32.1. The highest BCUT2D eigenvalue weighted by Crippen LogP contribution is 2.38. The molecule has 34 heavy (non-hydrogen) atoms. The molecule has 1 aromatic carbocycles. The van der Waals surface area contributed by atoms with Crippen LogP contribution in [0.5, 0.6) is 0 Å². The highest BCUT2D eigenvalue weighted by Gasteiger charge is 2.16. The number of aromatic nitrogens is 3. The van der Waals surface area contributed by atoms with Crippen molar-refractivity contribution in [1.29, 1.82) is 0 Å². The fourth-order valence-corrected chi connectivity index (χ4v) is 4.94. The van der Waals surface area contributed by atoms with Crippen LogP contribution in [-0.2, 0) is 11.3 Å². The first-order chi connectivity index (χ1) is 16.7. The van der Waals surface area contributed by atoms with Gasteiger partial charge in [-0.1, -0.05) is 23.5 Å². The van der Waals surface area contributed by atoms with Crippen molar-refractivity contribution < 1.29 is 9.53 Å². The average molecular weight is 475 g/mol. The Morgan fingerprint density at radius 3 is 2.76 bits per heavy atom. The van der Waals surface area contributed by atoms with Crippen molar-refractivity contribution in [3.05, 3.63) is 60.6 Å².